The Morgan fingerprint density at radius 2 is 1.93 bits per heavy atom. The molecule has 0 aromatic rings. The molecule has 5 nitrogen and oxygen atoms in total. The van der Waals surface area contributed by atoms with Crippen LogP contribution in [0, 0.1) is 0 Å². The maximum atomic E-state index is 10.4. The van der Waals surface area contributed by atoms with Crippen LogP contribution in [-0.4, -0.2) is 27.2 Å². The fraction of sp³-hybridized carbons (Fsp3) is 0.571. The van der Waals surface area contributed by atoms with E-state index < -0.39 is 10.1 Å². The molecule has 1 aliphatic heterocycles. The normalized spacial score (nSPS) is 13.3. The molecule has 1 fully saturated rings. The van der Waals surface area contributed by atoms with Crippen LogP contribution in [-0.2, 0) is 19.1 Å². The van der Waals surface area contributed by atoms with Gasteiger partial charge in [-0.2, -0.15) is 8.42 Å². The van der Waals surface area contributed by atoms with E-state index in [4.69, 9.17) is 0 Å². The minimum Gasteiger partial charge on any atom is -1.00 e. The Labute approximate surface area is 108 Å². The molecule has 0 unspecified atom stereocenters. The van der Waals surface area contributed by atoms with E-state index in [1.54, 1.807) is 6.92 Å². The molecule has 0 atom stereocenters. The van der Waals surface area contributed by atoms with Crippen molar-refractivity contribution in [3.63, 3.8) is 0 Å². The molecule has 0 saturated carbocycles. The topological polar surface area (TPSA) is 82.4 Å². The first kappa shape index (κ1) is 16.5. The Morgan fingerprint density at radius 3 is 2.00 bits per heavy atom. The number of hydrogen-bond acceptors (Lipinski definition) is 4. The van der Waals surface area contributed by atoms with Gasteiger partial charge in [-0.1, -0.05) is 13.5 Å². The van der Waals surface area contributed by atoms with Crippen LogP contribution in [0.5, 0.6) is 0 Å². The quantitative estimate of drug-likeness (QED) is 0.245. The summed E-state index contributed by atoms with van der Waals surface area (Å²) in [6, 6.07) is 0. The molecule has 0 spiro atoms. The van der Waals surface area contributed by atoms with E-state index in [1.807, 2.05) is 0 Å². The van der Waals surface area contributed by atoms with E-state index >= 15 is 0 Å². The molecular formula is C7H14NNaO4S. The zero-order valence-corrected chi connectivity index (χ0v) is 11.5. The smallest absolute Gasteiger partial charge is 1.00 e. The fourth-order valence-corrected chi connectivity index (χ4v) is 1.11. The van der Waals surface area contributed by atoms with E-state index in [0.717, 1.165) is 0 Å². The van der Waals surface area contributed by atoms with Gasteiger partial charge in [0.15, 0.2) is 0 Å². The van der Waals surface area contributed by atoms with Crippen LogP contribution in [0.2, 0.25) is 0 Å². The van der Waals surface area contributed by atoms with Gasteiger partial charge in [-0.3, -0.25) is 8.98 Å². The Balaban J connectivity index is -0.000000180. The Hall–Kier alpha value is 0.120. The maximum absolute atomic E-state index is 10.4. The minimum absolute atomic E-state index is 0. The first-order valence-corrected chi connectivity index (χ1v) is 5.29. The number of hydrogen-bond donors (Lipinski definition) is 1. The van der Waals surface area contributed by atoms with Crippen molar-refractivity contribution in [1.82, 2.24) is 5.32 Å². The molecule has 0 bridgehead atoms. The predicted molar refractivity (Wildman–Crippen MR) is 49.5 cm³/mol. The second-order valence-corrected chi connectivity index (χ2v) is 4.22. The summed E-state index contributed by atoms with van der Waals surface area (Å²) < 4.78 is 24.9. The molecule has 1 N–H and O–H groups in total. The molecule has 7 heteroatoms. The minimum atomic E-state index is -3.17. The van der Waals surface area contributed by atoms with E-state index in [0.29, 0.717) is 12.1 Å². The van der Waals surface area contributed by atoms with Crippen molar-refractivity contribution < 1.29 is 48.4 Å². The standard InChI is InChI=1S/C4H10O3S.C3H3NO.Na.H/c1-3-4-8(5,6)7-2;1-2-3(5)4-2;;/h3-4H2,1-2H3;1H2,(H,4,5);;/q;;+1;-1. The van der Waals surface area contributed by atoms with Crippen LogP contribution in [0.3, 0.4) is 0 Å². The summed E-state index contributed by atoms with van der Waals surface area (Å²) in [6.07, 6.45) is 0.607. The number of carbonyl (C=O) groups excluding carboxylic acids is 1. The van der Waals surface area contributed by atoms with E-state index in [-0.39, 0.29) is 42.6 Å². The van der Waals surface area contributed by atoms with Crippen molar-refractivity contribution in [2.75, 3.05) is 12.9 Å². The molecule has 14 heavy (non-hydrogen) atoms. The van der Waals surface area contributed by atoms with Gasteiger partial charge in [0.2, 0.25) is 0 Å². The maximum Gasteiger partial charge on any atom is 1.00 e. The Bertz CT molecular complexity index is 292. The SMILES string of the molecule is C=C1NC1=O.CCCS(=O)(=O)OC.[H-].[Na+]. The first-order chi connectivity index (χ1) is 5.93. The molecule has 0 aromatic heterocycles. The average Bonchev–Trinajstić information content (AvgIpc) is 2.66. The van der Waals surface area contributed by atoms with Crippen molar-refractivity contribution in [3.8, 4) is 0 Å². The van der Waals surface area contributed by atoms with Gasteiger partial charge in [0.1, 0.15) is 0 Å². The van der Waals surface area contributed by atoms with Crippen molar-refractivity contribution in [2.24, 2.45) is 0 Å². The summed E-state index contributed by atoms with van der Waals surface area (Å²) in [7, 11) is -2.00. The van der Waals surface area contributed by atoms with Crippen molar-refractivity contribution in [2.45, 2.75) is 13.3 Å². The molecule has 1 aliphatic rings. The van der Waals surface area contributed by atoms with Crippen LogP contribution in [0.15, 0.2) is 12.3 Å². The average molecular weight is 231 g/mol. The van der Waals surface area contributed by atoms with Gasteiger partial charge in [-0.15, -0.1) is 0 Å². The van der Waals surface area contributed by atoms with Gasteiger partial charge in [-0.05, 0) is 6.42 Å². The summed E-state index contributed by atoms with van der Waals surface area (Å²) in [6.45, 7) is 5.08. The number of rotatable bonds is 3. The predicted octanol–water partition coefficient (Wildman–Crippen LogP) is -2.88. The summed E-state index contributed by atoms with van der Waals surface area (Å²) in [5, 5.41) is 2.36. The summed E-state index contributed by atoms with van der Waals surface area (Å²) in [5.41, 5.74) is 0.532. The molecule has 0 aliphatic carbocycles. The van der Waals surface area contributed by atoms with Crippen molar-refractivity contribution >= 4 is 16.0 Å². The third-order valence-corrected chi connectivity index (χ3v) is 2.60. The van der Waals surface area contributed by atoms with Gasteiger partial charge in [0, 0.05) is 0 Å². The molecule has 0 aromatic carbocycles. The monoisotopic (exact) mass is 231 g/mol. The molecular weight excluding hydrogens is 217 g/mol. The summed E-state index contributed by atoms with van der Waals surface area (Å²) in [5.74, 6) is 0.0914. The molecule has 1 saturated heterocycles. The number of nitrogens with one attached hydrogen (secondary N) is 1. The zero-order valence-electron chi connectivity index (χ0n) is 9.66. The first-order valence-electron chi connectivity index (χ1n) is 3.71. The van der Waals surface area contributed by atoms with Crippen LogP contribution in [0.4, 0.5) is 0 Å². The summed E-state index contributed by atoms with van der Waals surface area (Å²) >= 11 is 0. The van der Waals surface area contributed by atoms with Crippen LogP contribution < -0.4 is 34.9 Å². The molecule has 1 rings (SSSR count). The number of amides is 1. The third kappa shape index (κ3) is 8.71. The third-order valence-electron chi connectivity index (χ3n) is 1.18. The summed E-state index contributed by atoms with van der Waals surface area (Å²) in [4.78, 5) is 9.68. The molecule has 78 valence electrons. The molecule has 1 heterocycles. The van der Waals surface area contributed by atoms with Crippen LogP contribution in [0.25, 0.3) is 0 Å². The Kier molecular flexibility index (Phi) is 8.77. The fourth-order valence-electron chi connectivity index (χ4n) is 0.439. The van der Waals surface area contributed by atoms with E-state index in [1.165, 1.54) is 7.11 Å². The van der Waals surface area contributed by atoms with Crippen LogP contribution in [0.1, 0.15) is 14.8 Å². The van der Waals surface area contributed by atoms with Gasteiger partial charge >= 0.3 is 29.6 Å². The zero-order chi connectivity index (χ0) is 10.5. The largest absolute Gasteiger partial charge is 1.00 e. The van der Waals surface area contributed by atoms with E-state index in [2.05, 4.69) is 16.1 Å². The van der Waals surface area contributed by atoms with Gasteiger partial charge < -0.3 is 6.74 Å². The van der Waals surface area contributed by atoms with E-state index in [9.17, 15) is 13.2 Å². The van der Waals surface area contributed by atoms with Crippen molar-refractivity contribution in [3.05, 3.63) is 12.3 Å². The van der Waals surface area contributed by atoms with Gasteiger partial charge in [-0.25, -0.2) is 0 Å². The molecule has 0 radical (unpaired) electrons. The second kappa shape index (κ2) is 7.42. The van der Waals surface area contributed by atoms with Crippen LogP contribution >= 0.6 is 0 Å². The molecule has 1 amide bonds. The Morgan fingerprint density at radius 1 is 1.57 bits per heavy atom. The van der Waals surface area contributed by atoms with Gasteiger partial charge in [0.05, 0.1) is 18.6 Å². The number of carbonyl (C=O) groups is 1. The van der Waals surface area contributed by atoms with Crippen molar-refractivity contribution in [1.29, 1.82) is 0 Å². The second-order valence-electron chi connectivity index (χ2n) is 2.36. The van der Waals surface area contributed by atoms with Gasteiger partial charge in [0.25, 0.3) is 16.0 Å².